The fourth-order valence-corrected chi connectivity index (χ4v) is 6.22. The molecule has 3 aliphatic carbocycles. The number of H-pyrrole nitrogens is 1. The largest absolute Gasteiger partial charge is 0.481 e. The predicted octanol–water partition coefficient (Wildman–Crippen LogP) is 5.21. The molecule has 1 aromatic carbocycles. The van der Waals surface area contributed by atoms with Crippen LogP contribution in [0.25, 0.3) is 16.7 Å². The molecule has 3 atom stereocenters. The maximum absolute atomic E-state index is 16.0. The lowest BCUT2D eigenvalue weighted by Gasteiger charge is -2.48. The zero-order valence-corrected chi connectivity index (χ0v) is 20.4. The molecule has 2 aromatic heterocycles. The van der Waals surface area contributed by atoms with E-state index < -0.39 is 47.5 Å². The van der Waals surface area contributed by atoms with Gasteiger partial charge in [-0.3, -0.25) is 10.1 Å². The molecule has 3 unspecified atom stereocenters. The number of rotatable bonds is 5. The quantitative estimate of drug-likeness (QED) is 0.330. The summed E-state index contributed by atoms with van der Waals surface area (Å²) in [6, 6.07) is 4.74. The van der Waals surface area contributed by atoms with Crippen molar-refractivity contribution in [2.45, 2.75) is 44.1 Å². The maximum atomic E-state index is 16.0. The normalized spacial score (nSPS) is 27.0. The maximum Gasteiger partial charge on any atom is 0.416 e. The fraction of sp³-hybridized carbons (Fsp3) is 0.370. The van der Waals surface area contributed by atoms with E-state index in [-0.39, 0.29) is 28.9 Å². The lowest BCUT2D eigenvalue weighted by molar-refractivity contribution is -0.150. The summed E-state index contributed by atoms with van der Waals surface area (Å²) < 4.78 is 69.5. The monoisotopic (exact) mass is 545 g/mol. The minimum Gasteiger partial charge on any atom is -0.481 e. The van der Waals surface area contributed by atoms with Crippen LogP contribution in [0.5, 0.6) is 0 Å². The van der Waals surface area contributed by atoms with Gasteiger partial charge >= 0.3 is 12.1 Å². The van der Waals surface area contributed by atoms with Crippen molar-refractivity contribution in [2.75, 3.05) is 0 Å². The number of pyridine rings is 1. The van der Waals surface area contributed by atoms with Crippen LogP contribution in [0.2, 0.25) is 0 Å². The lowest BCUT2D eigenvalue weighted by Crippen LogP contribution is -2.57. The van der Waals surface area contributed by atoms with Crippen molar-refractivity contribution >= 4 is 28.5 Å². The molecule has 7 nitrogen and oxygen atoms in total. The number of carboxylic acid groups (broad SMARTS) is 1. The molecule has 1 aliphatic heterocycles. The van der Waals surface area contributed by atoms with Gasteiger partial charge in [0.25, 0.3) is 0 Å². The summed E-state index contributed by atoms with van der Waals surface area (Å²) in [4.78, 5) is 23.6. The Morgan fingerprint density at radius 1 is 1.05 bits per heavy atom. The van der Waals surface area contributed by atoms with Gasteiger partial charge in [-0.15, -0.1) is 0 Å². The second-order valence-electron chi connectivity index (χ2n) is 10.3. The number of nitrogens with zero attached hydrogens (tertiary/aromatic N) is 2. The molecule has 3 saturated carbocycles. The number of alkyl halides is 3. The van der Waals surface area contributed by atoms with Gasteiger partial charge in [0.2, 0.25) is 0 Å². The zero-order chi connectivity index (χ0) is 27.5. The van der Waals surface area contributed by atoms with E-state index in [1.165, 1.54) is 12.3 Å². The van der Waals surface area contributed by atoms with Gasteiger partial charge in [0.15, 0.2) is 12.0 Å². The Morgan fingerprint density at radius 2 is 1.74 bits per heavy atom. The number of benzene rings is 1. The van der Waals surface area contributed by atoms with Gasteiger partial charge in [-0.2, -0.15) is 13.2 Å². The third-order valence-electron chi connectivity index (χ3n) is 8.09. The van der Waals surface area contributed by atoms with Crippen LogP contribution in [0, 0.1) is 23.6 Å². The van der Waals surface area contributed by atoms with E-state index >= 15 is 4.39 Å². The summed E-state index contributed by atoms with van der Waals surface area (Å²) in [5, 5.41) is 16.3. The topological polar surface area (TPSA) is 102 Å². The van der Waals surface area contributed by atoms with Gasteiger partial charge in [-0.05, 0) is 55.7 Å². The van der Waals surface area contributed by atoms with E-state index in [0.29, 0.717) is 16.6 Å². The third-order valence-corrected chi connectivity index (χ3v) is 8.09. The summed E-state index contributed by atoms with van der Waals surface area (Å²) in [6.07, 6.45) is -0.0774. The number of nitrogens with one attached hydrogen (secondary N) is 3. The van der Waals surface area contributed by atoms with Gasteiger partial charge in [0.05, 0.1) is 23.4 Å². The fourth-order valence-electron chi connectivity index (χ4n) is 6.22. The number of aliphatic imine (C=N–C) groups is 1. The van der Waals surface area contributed by atoms with Gasteiger partial charge in [0, 0.05) is 28.8 Å². The Kier molecular flexibility index (Phi) is 6.17. The van der Waals surface area contributed by atoms with Crippen LogP contribution >= 0.6 is 0 Å². The number of carboxylic acids is 1. The molecule has 0 saturated heterocycles. The minimum atomic E-state index is -4.56. The van der Waals surface area contributed by atoms with E-state index in [4.69, 9.17) is 0 Å². The highest BCUT2D eigenvalue weighted by atomic mass is 19.4. The summed E-state index contributed by atoms with van der Waals surface area (Å²) in [6.45, 7) is 0. The Hall–Kier alpha value is -3.80. The molecule has 0 radical (unpaired) electrons. The van der Waals surface area contributed by atoms with E-state index in [2.05, 4.69) is 25.6 Å². The molecule has 4 N–H and O–H groups in total. The van der Waals surface area contributed by atoms with Crippen molar-refractivity contribution < 1.29 is 31.9 Å². The number of halogens is 5. The number of aromatic amines is 1. The third kappa shape index (κ3) is 4.56. The zero-order valence-electron chi connectivity index (χ0n) is 20.4. The first kappa shape index (κ1) is 25.5. The van der Waals surface area contributed by atoms with Crippen molar-refractivity contribution in [3.05, 3.63) is 71.1 Å². The van der Waals surface area contributed by atoms with Crippen molar-refractivity contribution in [1.82, 2.24) is 20.6 Å². The number of amidine groups is 1. The smallest absolute Gasteiger partial charge is 0.416 e. The van der Waals surface area contributed by atoms with Gasteiger partial charge in [0.1, 0.15) is 17.3 Å². The Morgan fingerprint density at radius 3 is 2.41 bits per heavy atom. The van der Waals surface area contributed by atoms with E-state index in [9.17, 15) is 27.5 Å². The average molecular weight is 546 g/mol. The molecule has 2 bridgehead atoms. The Bertz CT molecular complexity index is 1490. The van der Waals surface area contributed by atoms with Crippen LogP contribution in [0.3, 0.4) is 0 Å². The number of carbonyl (C=O) groups is 1. The van der Waals surface area contributed by atoms with Crippen molar-refractivity contribution in [2.24, 2.45) is 22.7 Å². The number of aliphatic carboxylic acids is 1. The molecular weight excluding hydrogens is 521 g/mol. The van der Waals surface area contributed by atoms with Crippen LogP contribution in [-0.2, 0) is 11.0 Å². The SMILES string of the molecule is O=C(O)C1C2CCC(CC2)C1NC1N=C(c2c[nH]c3ncc(F)cc23)NC(c2ccc(C(F)(F)F)cc2)=C1F. The molecular formula is C27H24F5N5O2. The minimum absolute atomic E-state index is 0.0262. The summed E-state index contributed by atoms with van der Waals surface area (Å²) in [5.41, 5.74) is -0.114. The Balaban J connectivity index is 1.42. The molecule has 3 heterocycles. The van der Waals surface area contributed by atoms with Crippen LogP contribution in [-0.4, -0.2) is 39.1 Å². The first-order chi connectivity index (χ1) is 18.6. The van der Waals surface area contributed by atoms with Crippen LogP contribution in [0.15, 0.2) is 53.5 Å². The van der Waals surface area contributed by atoms with Gasteiger partial charge < -0.3 is 15.4 Å². The molecule has 12 heteroatoms. The van der Waals surface area contributed by atoms with Crippen molar-refractivity contribution in [3.63, 3.8) is 0 Å². The summed E-state index contributed by atoms with van der Waals surface area (Å²) in [7, 11) is 0. The van der Waals surface area contributed by atoms with E-state index in [1.807, 2.05) is 0 Å². The Labute approximate surface area is 219 Å². The molecule has 0 spiro atoms. The van der Waals surface area contributed by atoms with Gasteiger partial charge in [-0.1, -0.05) is 12.1 Å². The van der Waals surface area contributed by atoms with E-state index in [1.54, 1.807) is 0 Å². The summed E-state index contributed by atoms with van der Waals surface area (Å²) >= 11 is 0. The molecule has 204 valence electrons. The number of fused-ring (bicyclic) bond motifs is 4. The standard InChI is InChI=1S/C27H24F5N5O2/c28-16-9-17-18(11-34-23(17)33-10-16)24-36-22(14-5-7-15(8-6-14)27(30,31)32)20(29)25(37-24)35-21-13-3-1-12(2-4-13)19(21)26(38)39/h5-13,19,21,25,35H,1-4H2,(H,33,34)(H,36,37)(H,38,39). The second kappa shape index (κ2) is 9.44. The first-order valence-corrected chi connectivity index (χ1v) is 12.6. The number of hydrogen-bond donors (Lipinski definition) is 4. The van der Waals surface area contributed by atoms with Crippen molar-refractivity contribution in [3.8, 4) is 0 Å². The highest BCUT2D eigenvalue weighted by Crippen LogP contribution is 2.46. The van der Waals surface area contributed by atoms with Crippen LogP contribution < -0.4 is 10.6 Å². The highest BCUT2D eigenvalue weighted by molar-refractivity contribution is 6.12. The first-order valence-electron chi connectivity index (χ1n) is 12.6. The number of hydrogen-bond acceptors (Lipinski definition) is 5. The highest BCUT2D eigenvalue weighted by Gasteiger charge is 2.48. The van der Waals surface area contributed by atoms with Gasteiger partial charge in [-0.25, -0.2) is 18.8 Å². The van der Waals surface area contributed by atoms with Crippen LogP contribution in [0.1, 0.15) is 42.4 Å². The van der Waals surface area contributed by atoms with Crippen LogP contribution in [0.4, 0.5) is 22.0 Å². The summed E-state index contributed by atoms with van der Waals surface area (Å²) in [5.74, 6) is -2.91. The molecule has 0 amide bonds. The van der Waals surface area contributed by atoms with Crippen molar-refractivity contribution in [1.29, 1.82) is 0 Å². The average Bonchev–Trinajstić information content (AvgIpc) is 3.33. The molecule has 3 aromatic rings. The molecule has 7 rings (SSSR count). The predicted molar refractivity (Wildman–Crippen MR) is 132 cm³/mol. The molecule has 39 heavy (non-hydrogen) atoms. The van der Waals surface area contributed by atoms with E-state index in [0.717, 1.165) is 56.1 Å². The number of aromatic nitrogens is 2. The molecule has 4 aliphatic rings. The molecule has 3 fully saturated rings. The lowest BCUT2D eigenvalue weighted by atomic mass is 9.61. The second-order valence-corrected chi connectivity index (χ2v) is 10.3.